The van der Waals surface area contributed by atoms with Gasteiger partial charge in [-0.1, -0.05) is 26.0 Å². The Kier molecular flexibility index (Phi) is 6.15. The number of thiazole rings is 1. The molecule has 0 bridgehead atoms. The first kappa shape index (κ1) is 19.7. The molecular formula is C19H20FN5O2S. The van der Waals surface area contributed by atoms with Gasteiger partial charge in [-0.15, -0.1) is 11.3 Å². The number of aromatic nitrogens is 3. The highest BCUT2D eigenvalue weighted by Gasteiger charge is 2.24. The third-order valence-corrected chi connectivity index (χ3v) is 4.95. The van der Waals surface area contributed by atoms with Crippen molar-refractivity contribution in [2.45, 2.75) is 26.3 Å². The van der Waals surface area contributed by atoms with Crippen LogP contribution in [0.3, 0.4) is 0 Å². The van der Waals surface area contributed by atoms with E-state index < -0.39 is 17.8 Å². The first-order valence-corrected chi connectivity index (χ1v) is 9.57. The maximum absolute atomic E-state index is 13.9. The molecule has 0 fully saturated rings. The summed E-state index contributed by atoms with van der Waals surface area (Å²) < 4.78 is 13.9. The third kappa shape index (κ3) is 4.80. The molecule has 1 unspecified atom stereocenters. The van der Waals surface area contributed by atoms with Crippen molar-refractivity contribution in [2.75, 3.05) is 5.32 Å². The van der Waals surface area contributed by atoms with E-state index in [1.165, 1.54) is 18.5 Å². The molecule has 7 nitrogen and oxygen atoms in total. The zero-order valence-corrected chi connectivity index (χ0v) is 16.2. The van der Waals surface area contributed by atoms with Crippen molar-refractivity contribution in [2.24, 2.45) is 5.92 Å². The lowest BCUT2D eigenvalue weighted by Crippen LogP contribution is -2.44. The molecule has 0 saturated carbocycles. The second-order valence-corrected chi connectivity index (χ2v) is 7.66. The summed E-state index contributed by atoms with van der Waals surface area (Å²) in [5.74, 6) is -0.531. The van der Waals surface area contributed by atoms with E-state index in [-0.39, 0.29) is 11.8 Å². The molecular weight excluding hydrogens is 381 g/mol. The average Bonchev–Trinajstić information content (AvgIpc) is 3.33. The van der Waals surface area contributed by atoms with Crippen LogP contribution >= 0.6 is 11.3 Å². The van der Waals surface area contributed by atoms with Gasteiger partial charge in [0.05, 0.1) is 12.4 Å². The highest BCUT2D eigenvalue weighted by Crippen LogP contribution is 2.27. The number of carbonyl (C=O) groups is 2. The number of aromatic amines is 1. The maximum atomic E-state index is 13.9. The number of rotatable bonds is 7. The van der Waals surface area contributed by atoms with Crippen LogP contribution in [0, 0.1) is 11.7 Å². The van der Waals surface area contributed by atoms with Gasteiger partial charge in [0.25, 0.3) is 5.91 Å². The second kappa shape index (κ2) is 8.75. The number of H-pyrrole nitrogens is 1. The summed E-state index contributed by atoms with van der Waals surface area (Å²) in [7, 11) is 0. The number of carbonyl (C=O) groups excluding carboxylic acids is 2. The number of nitrogens with one attached hydrogen (secondary N) is 3. The van der Waals surface area contributed by atoms with Crippen molar-refractivity contribution in [3.05, 3.63) is 53.4 Å². The molecule has 0 radical (unpaired) electrons. The van der Waals surface area contributed by atoms with Crippen molar-refractivity contribution in [1.29, 1.82) is 0 Å². The number of anilines is 1. The van der Waals surface area contributed by atoms with Gasteiger partial charge in [0.2, 0.25) is 5.91 Å². The number of halogens is 1. The van der Waals surface area contributed by atoms with Gasteiger partial charge in [0, 0.05) is 11.6 Å². The van der Waals surface area contributed by atoms with Crippen molar-refractivity contribution in [3.8, 4) is 10.6 Å². The number of hydrogen-bond donors (Lipinski definition) is 3. The summed E-state index contributed by atoms with van der Waals surface area (Å²) in [6.07, 6.45) is 3.37. The van der Waals surface area contributed by atoms with Crippen molar-refractivity contribution >= 4 is 29.0 Å². The molecule has 0 aliphatic carbocycles. The van der Waals surface area contributed by atoms with Crippen molar-refractivity contribution in [3.63, 3.8) is 0 Å². The molecule has 3 N–H and O–H groups in total. The molecule has 3 aromatic rings. The standard InChI is InChI=1S/C19H20FN5O2S/c1-11(2)9-14(17(26)24-16-7-8-22-25-16)23-18(27)15-10-21-19(28-15)12-5-3-4-6-13(12)20/h3-8,10-11,14H,9H2,1-2H3,(H,23,27)(H2,22,24,25,26). The monoisotopic (exact) mass is 401 g/mol. The first-order chi connectivity index (χ1) is 13.4. The Morgan fingerprint density at radius 2 is 2.04 bits per heavy atom. The number of nitrogens with zero attached hydrogens (tertiary/aromatic N) is 2. The van der Waals surface area contributed by atoms with E-state index in [0.29, 0.717) is 27.7 Å². The predicted molar refractivity (Wildman–Crippen MR) is 105 cm³/mol. The summed E-state index contributed by atoms with van der Waals surface area (Å²) in [5, 5.41) is 12.3. The summed E-state index contributed by atoms with van der Waals surface area (Å²) in [6, 6.07) is 7.14. The summed E-state index contributed by atoms with van der Waals surface area (Å²) in [5.41, 5.74) is 0.335. The molecule has 2 heterocycles. The van der Waals surface area contributed by atoms with Crippen LogP contribution in [-0.4, -0.2) is 33.0 Å². The van der Waals surface area contributed by atoms with Gasteiger partial charge in [-0.25, -0.2) is 9.37 Å². The average molecular weight is 401 g/mol. The fourth-order valence-electron chi connectivity index (χ4n) is 2.62. The van der Waals surface area contributed by atoms with Gasteiger partial charge < -0.3 is 10.6 Å². The van der Waals surface area contributed by atoms with Crippen LogP contribution in [0.1, 0.15) is 29.9 Å². The van der Waals surface area contributed by atoms with Gasteiger partial charge in [-0.2, -0.15) is 5.10 Å². The Morgan fingerprint density at radius 3 is 2.71 bits per heavy atom. The molecule has 0 saturated heterocycles. The molecule has 9 heteroatoms. The van der Waals surface area contributed by atoms with E-state index in [1.807, 2.05) is 13.8 Å². The molecule has 0 spiro atoms. The molecule has 0 aliphatic heterocycles. The van der Waals surface area contributed by atoms with Gasteiger partial charge in [-0.3, -0.25) is 14.7 Å². The van der Waals surface area contributed by atoms with E-state index in [4.69, 9.17) is 0 Å². The highest BCUT2D eigenvalue weighted by molar-refractivity contribution is 7.16. The smallest absolute Gasteiger partial charge is 0.263 e. The van der Waals surface area contributed by atoms with Gasteiger partial charge >= 0.3 is 0 Å². The van der Waals surface area contributed by atoms with Crippen LogP contribution in [0.15, 0.2) is 42.7 Å². The minimum atomic E-state index is -0.727. The van der Waals surface area contributed by atoms with Crippen LogP contribution < -0.4 is 10.6 Å². The van der Waals surface area contributed by atoms with Crippen molar-refractivity contribution in [1.82, 2.24) is 20.5 Å². The van der Waals surface area contributed by atoms with E-state index in [9.17, 15) is 14.0 Å². The first-order valence-electron chi connectivity index (χ1n) is 8.76. The lowest BCUT2D eigenvalue weighted by molar-refractivity contribution is -0.118. The third-order valence-electron chi connectivity index (χ3n) is 3.92. The summed E-state index contributed by atoms with van der Waals surface area (Å²) >= 11 is 1.08. The number of hydrogen-bond acceptors (Lipinski definition) is 5. The summed E-state index contributed by atoms with van der Waals surface area (Å²) in [4.78, 5) is 29.6. The Bertz CT molecular complexity index is 955. The van der Waals surface area contributed by atoms with Crippen LogP contribution in [0.5, 0.6) is 0 Å². The lowest BCUT2D eigenvalue weighted by Gasteiger charge is -2.19. The predicted octanol–water partition coefficient (Wildman–Crippen LogP) is 3.46. The SMILES string of the molecule is CC(C)CC(NC(=O)c1cnc(-c2ccccc2F)s1)C(=O)Nc1ccn[nH]1. The Hall–Kier alpha value is -3.07. The van der Waals surface area contributed by atoms with Crippen LogP contribution in [0.4, 0.5) is 10.2 Å². The Balaban J connectivity index is 1.73. The largest absolute Gasteiger partial charge is 0.339 e. The van der Waals surface area contributed by atoms with Crippen LogP contribution in [0.25, 0.3) is 10.6 Å². The van der Waals surface area contributed by atoms with Crippen LogP contribution in [-0.2, 0) is 4.79 Å². The molecule has 1 atom stereocenters. The van der Waals surface area contributed by atoms with E-state index in [2.05, 4.69) is 25.8 Å². The second-order valence-electron chi connectivity index (χ2n) is 6.62. The zero-order chi connectivity index (χ0) is 20.1. The molecule has 28 heavy (non-hydrogen) atoms. The highest BCUT2D eigenvalue weighted by atomic mass is 32.1. The lowest BCUT2D eigenvalue weighted by atomic mass is 10.0. The topological polar surface area (TPSA) is 99.8 Å². The Labute approximate surface area is 165 Å². The van der Waals surface area contributed by atoms with E-state index in [1.54, 1.807) is 24.3 Å². The molecule has 2 amide bonds. The van der Waals surface area contributed by atoms with Crippen molar-refractivity contribution < 1.29 is 14.0 Å². The molecule has 3 rings (SSSR count). The quantitative estimate of drug-likeness (QED) is 0.564. The van der Waals surface area contributed by atoms with Gasteiger partial charge in [-0.05, 0) is 24.5 Å². The normalized spacial score (nSPS) is 12.0. The fourth-order valence-corrected chi connectivity index (χ4v) is 3.46. The number of amides is 2. The Morgan fingerprint density at radius 1 is 1.25 bits per heavy atom. The molecule has 2 aromatic heterocycles. The van der Waals surface area contributed by atoms with E-state index >= 15 is 0 Å². The molecule has 146 valence electrons. The minimum absolute atomic E-state index is 0.188. The van der Waals surface area contributed by atoms with E-state index in [0.717, 1.165) is 11.3 Å². The maximum Gasteiger partial charge on any atom is 0.263 e. The van der Waals surface area contributed by atoms with Gasteiger partial charge in [0.1, 0.15) is 27.6 Å². The fraction of sp³-hybridized carbons (Fsp3) is 0.263. The molecule has 0 aliphatic rings. The van der Waals surface area contributed by atoms with Gasteiger partial charge in [0.15, 0.2) is 0 Å². The zero-order valence-electron chi connectivity index (χ0n) is 15.4. The molecule has 1 aromatic carbocycles. The number of benzene rings is 1. The van der Waals surface area contributed by atoms with Crippen LogP contribution in [0.2, 0.25) is 0 Å². The minimum Gasteiger partial charge on any atom is -0.339 e. The summed E-state index contributed by atoms with van der Waals surface area (Å²) in [6.45, 7) is 3.93.